The minimum absolute atomic E-state index is 0.0176. The first-order valence-electron chi connectivity index (χ1n) is 13.1. The van der Waals surface area contributed by atoms with Gasteiger partial charge in [0.2, 0.25) is 5.91 Å². The molecule has 0 radical (unpaired) electrons. The van der Waals surface area contributed by atoms with Crippen LogP contribution in [0.4, 0.5) is 10.5 Å². The quantitative estimate of drug-likeness (QED) is 0.250. The lowest BCUT2D eigenvalue weighted by atomic mass is 10.1. The van der Waals surface area contributed by atoms with E-state index in [0.717, 1.165) is 24.0 Å². The Kier molecular flexibility index (Phi) is 10.2. The Morgan fingerprint density at radius 2 is 1.71 bits per heavy atom. The van der Waals surface area contributed by atoms with Gasteiger partial charge in [0.25, 0.3) is 5.91 Å². The molecule has 1 aliphatic carbocycles. The second kappa shape index (κ2) is 14.0. The summed E-state index contributed by atoms with van der Waals surface area (Å²) in [5.74, 6) is -1.85. The van der Waals surface area contributed by atoms with Crippen LogP contribution in [0, 0.1) is 0 Å². The van der Waals surface area contributed by atoms with Crippen LogP contribution < -0.4 is 21.3 Å². The molecule has 3 aromatic rings. The van der Waals surface area contributed by atoms with Gasteiger partial charge in [-0.25, -0.2) is 9.59 Å². The van der Waals surface area contributed by atoms with Crippen LogP contribution in [0.2, 0.25) is 10.0 Å². The number of hydrogen-bond acceptors (Lipinski definition) is 5. The van der Waals surface area contributed by atoms with Crippen LogP contribution in [-0.4, -0.2) is 43.5 Å². The van der Waals surface area contributed by atoms with Crippen molar-refractivity contribution >= 4 is 52.7 Å². The molecule has 214 valence electrons. The molecule has 0 aromatic heterocycles. The van der Waals surface area contributed by atoms with E-state index in [0.29, 0.717) is 6.42 Å². The number of urea groups is 1. The van der Waals surface area contributed by atoms with Gasteiger partial charge in [0.15, 0.2) is 0 Å². The van der Waals surface area contributed by atoms with Gasteiger partial charge in [-0.2, -0.15) is 0 Å². The highest BCUT2D eigenvalue weighted by Crippen LogP contribution is 2.32. The maximum Gasteiger partial charge on any atom is 0.330 e. The molecule has 1 aliphatic rings. The van der Waals surface area contributed by atoms with Crippen molar-refractivity contribution in [3.63, 3.8) is 0 Å². The summed E-state index contributed by atoms with van der Waals surface area (Å²) in [6.45, 7) is -0.246. The molecule has 0 saturated heterocycles. The molecule has 0 fully saturated rings. The van der Waals surface area contributed by atoms with E-state index in [4.69, 9.17) is 27.9 Å². The van der Waals surface area contributed by atoms with Gasteiger partial charge in [-0.15, -0.1) is 0 Å². The fraction of sp³-hybridized carbons (Fsp3) is 0.267. The molecule has 4 amide bonds. The third-order valence-corrected chi connectivity index (χ3v) is 7.48. The Bertz CT molecular complexity index is 1430. The first kappa shape index (κ1) is 29.9. The van der Waals surface area contributed by atoms with E-state index in [-0.39, 0.29) is 46.2 Å². The molecular weight excluding hydrogens is 567 g/mol. The Labute approximate surface area is 247 Å². The molecule has 41 heavy (non-hydrogen) atoms. The van der Waals surface area contributed by atoms with Gasteiger partial charge >= 0.3 is 12.0 Å². The van der Waals surface area contributed by atoms with Crippen LogP contribution in [0.25, 0.3) is 0 Å². The highest BCUT2D eigenvalue weighted by molar-refractivity contribution is 6.41. The molecule has 3 aromatic carbocycles. The van der Waals surface area contributed by atoms with Crippen molar-refractivity contribution in [1.82, 2.24) is 16.0 Å². The standard InChI is InChI=1S/C30H30Cl2N4O5/c1-41-29(39)24(17-33-30(40)36-22-14-12-19-9-5-6-10-20(19)22)35-28(38)26-21(31)13-15-23(27(26)32)34-25(37)16-11-18-7-3-2-4-8-18/h2-10,13,15,22,24H,11-12,14,16-17H2,1H3,(H,34,37)(H,35,38)(H2,33,36,40)/t22-,24?/m1/s1. The number of methoxy groups -OCH3 is 1. The summed E-state index contributed by atoms with van der Waals surface area (Å²) in [6.07, 6.45) is 2.35. The molecule has 9 nitrogen and oxygen atoms in total. The van der Waals surface area contributed by atoms with Crippen molar-refractivity contribution in [3.8, 4) is 0 Å². The van der Waals surface area contributed by atoms with Crippen LogP contribution in [0.3, 0.4) is 0 Å². The monoisotopic (exact) mass is 596 g/mol. The number of esters is 1. The number of aryl methyl sites for hydroxylation is 2. The lowest BCUT2D eigenvalue weighted by Crippen LogP contribution is -2.51. The number of amides is 4. The number of rotatable bonds is 10. The molecular formula is C30H30Cl2N4O5. The SMILES string of the molecule is COC(=O)C(CNC(=O)N[C@@H]1CCc2ccccc21)NC(=O)c1c(Cl)ccc(NC(=O)CCc2ccccc2)c1Cl. The van der Waals surface area contributed by atoms with Crippen LogP contribution in [0.15, 0.2) is 66.7 Å². The van der Waals surface area contributed by atoms with E-state index in [1.807, 2.05) is 54.6 Å². The van der Waals surface area contributed by atoms with Gasteiger partial charge in [-0.3, -0.25) is 9.59 Å². The van der Waals surface area contributed by atoms with E-state index in [1.54, 1.807) is 0 Å². The maximum atomic E-state index is 13.2. The van der Waals surface area contributed by atoms with Crippen molar-refractivity contribution in [1.29, 1.82) is 0 Å². The fourth-order valence-corrected chi connectivity index (χ4v) is 5.24. The number of carbonyl (C=O) groups is 4. The van der Waals surface area contributed by atoms with E-state index < -0.39 is 23.9 Å². The summed E-state index contributed by atoms with van der Waals surface area (Å²) in [5.41, 5.74) is 3.31. The summed E-state index contributed by atoms with van der Waals surface area (Å²) >= 11 is 12.8. The minimum Gasteiger partial charge on any atom is -0.467 e. The molecule has 0 aliphatic heterocycles. The van der Waals surface area contributed by atoms with Crippen molar-refractivity contribution in [2.24, 2.45) is 0 Å². The third kappa shape index (κ3) is 7.77. The highest BCUT2D eigenvalue weighted by atomic mass is 35.5. The molecule has 4 N–H and O–H groups in total. The van der Waals surface area contributed by atoms with Crippen molar-refractivity contribution in [2.75, 3.05) is 19.0 Å². The van der Waals surface area contributed by atoms with Crippen LogP contribution in [-0.2, 0) is 27.2 Å². The van der Waals surface area contributed by atoms with Crippen molar-refractivity contribution < 1.29 is 23.9 Å². The van der Waals surface area contributed by atoms with Gasteiger partial charge < -0.3 is 26.0 Å². The molecule has 1 unspecified atom stereocenters. The molecule has 0 bridgehead atoms. The molecule has 0 saturated carbocycles. The summed E-state index contributed by atoms with van der Waals surface area (Å²) in [7, 11) is 1.17. The lowest BCUT2D eigenvalue weighted by Gasteiger charge is -2.20. The summed E-state index contributed by atoms with van der Waals surface area (Å²) in [5, 5.41) is 10.7. The first-order chi connectivity index (χ1) is 19.8. The zero-order valence-corrected chi connectivity index (χ0v) is 23.9. The molecule has 0 spiro atoms. The first-order valence-corrected chi connectivity index (χ1v) is 13.8. The van der Waals surface area contributed by atoms with Gasteiger partial charge in [0.05, 0.1) is 41.0 Å². The normalized spacial score (nSPS) is 14.4. The number of carbonyl (C=O) groups excluding carboxylic acids is 4. The van der Waals surface area contributed by atoms with Crippen LogP contribution >= 0.6 is 23.2 Å². The summed E-state index contributed by atoms with van der Waals surface area (Å²) in [6, 6.07) is 18.5. The van der Waals surface area contributed by atoms with Gasteiger partial charge in [-0.05, 0) is 48.1 Å². The number of ether oxygens (including phenoxy) is 1. The topological polar surface area (TPSA) is 126 Å². The maximum absolute atomic E-state index is 13.2. The average molecular weight is 597 g/mol. The fourth-order valence-electron chi connectivity index (χ4n) is 4.65. The predicted molar refractivity (Wildman–Crippen MR) is 157 cm³/mol. The summed E-state index contributed by atoms with van der Waals surface area (Å²) < 4.78 is 4.81. The molecule has 2 atom stereocenters. The zero-order valence-electron chi connectivity index (χ0n) is 22.3. The molecule has 11 heteroatoms. The number of benzene rings is 3. The minimum atomic E-state index is -1.23. The Balaban J connectivity index is 1.37. The zero-order chi connectivity index (χ0) is 29.4. The third-order valence-electron chi connectivity index (χ3n) is 6.77. The second-order valence-corrected chi connectivity index (χ2v) is 10.3. The largest absolute Gasteiger partial charge is 0.467 e. The Morgan fingerprint density at radius 1 is 0.976 bits per heavy atom. The Morgan fingerprint density at radius 3 is 2.46 bits per heavy atom. The van der Waals surface area contributed by atoms with Crippen LogP contribution in [0.5, 0.6) is 0 Å². The Hall–Kier alpha value is -4.08. The van der Waals surface area contributed by atoms with E-state index in [2.05, 4.69) is 21.3 Å². The molecule has 4 rings (SSSR count). The van der Waals surface area contributed by atoms with E-state index >= 15 is 0 Å². The van der Waals surface area contributed by atoms with Gasteiger partial charge in [0, 0.05) is 6.42 Å². The number of anilines is 1. The van der Waals surface area contributed by atoms with Crippen LogP contribution in [0.1, 0.15) is 45.9 Å². The number of halogens is 2. The summed E-state index contributed by atoms with van der Waals surface area (Å²) in [4.78, 5) is 50.8. The molecule has 0 heterocycles. The lowest BCUT2D eigenvalue weighted by molar-refractivity contribution is -0.142. The smallest absolute Gasteiger partial charge is 0.330 e. The second-order valence-electron chi connectivity index (χ2n) is 9.51. The number of nitrogens with one attached hydrogen (secondary N) is 4. The highest BCUT2D eigenvalue weighted by Gasteiger charge is 2.28. The predicted octanol–water partition coefficient (Wildman–Crippen LogP) is 4.82. The van der Waals surface area contributed by atoms with E-state index in [1.165, 1.54) is 24.8 Å². The van der Waals surface area contributed by atoms with E-state index in [9.17, 15) is 19.2 Å². The van der Waals surface area contributed by atoms with Crippen molar-refractivity contribution in [2.45, 2.75) is 37.8 Å². The number of fused-ring (bicyclic) bond motifs is 1. The van der Waals surface area contributed by atoms with Gasteiger partial charge in [0.1, 0.15) is 6.04 Å². The van der Waals surface area contributed by atoms with Gasteiger partial charge in [-0.1, -0.05) is 77.8 Å². The average Bonchev–Trinajstić information content (AvgIpc) is 3.38. The number of hydrogen-bond donors (Lipinski definition) is 4. The van der Waals surface area contributed by atoms with Crippen molar-refractivity contribution in [3.05, 3.63) is 99.0 Å².